The molecule has 2 aromatic rings. The maximum atomic E-state index is 13.9. The van der Waals surface area contributed by atoms with E-state index in [2.05, 4.69) is 59.7 Å². The van der Waals surface area contributed by atoms with Gasteiger partial charge in [0.25, 0.3) is 5.91 Å². The lowest BCUT2D eigenvalue weighted by atomic mass is 9.76. The molecule has 0 saturated carbocycles. The number of carbonyl (C=O) groups is 2. The molecule has 0 aromatic heterocycles. The molecule has 3 amide bonds. The van der Waals surface area contributed by atoms with E-state index in [9.17, 15) is 18.0 Å². The van der Waals surface area contributed by atoms with E-state index >= 15 is 0 Å². The van der Waals surface area contributed by atoms with Crippen LogP contribution in [0.25, 0.3) is 0 Å². The Morgan fingerprint density at radius 3 is 2.31 bits per heavy atom. The number of likely N-dealkylation sites (tertiary alicyclic amines) is 2. The number of hydrogen-bond donors (Lipinski definition) is 2. The van der Waals surface area contributed by atoms with Gasteiger partial charge in [-0.1, -0.05) is 52.7 Å². The van der Waals surface area contributed by atoms with Crippen LogP contribution in [-0.2, 0) is 28.6 Å². The van der Waals surface area contributed by atoms with E-state index in [1.54, 1.807) is 13.2 Å². The predicted octanol–water partition coefficient (Wildman–Crippen LogP) is 5.54. The normalized spacial score (nSPS) is 22.6. The minimum absolute atomic E-state index is 0.0276. The fourth-order valence-corrected chi connectivity index (χ4v) is 8.85. The minimum atomic E-state index is -3.95. The number of methoxy groups -OCH3 is 1. The molecule has 2 fully saturated rings. The highest BCUT2D eigenvalue weighted by Gasteiger charge is 2.49. The number of benzene rings is 2. The largest absolute Gasteiger partial charge is 0.497 e. The third-order valence-electron chi connectivity index (χ3n) is 11.1. The van der Waals surface area contributed by atoms with E-state index < -0.39 is 21.7 Å². The molecule has 4 aliphatic rings. The molecule has 0 spiro atoms. The van der Waals surface area contributed by atoms with Gasteiger partial charge in [-0.15, -0.1) is 0 Å². The van der Waals surface area contributed by atoms with Crippen molar-refractivity contribution in [2.24, 2.45) is 5.92 Å². The van der Waals surface area contributed by atoms with Crippen molar-refractivity contribution in [1.82, 2.24) is 24.1 Å². The van der Waals surface area contributed by atoms with Crippen molar-refractivity contribution in [3.05, 3.63) is 58.7 Å². The lowest BCUT2D eigenvalue weighted by Gasteiger charge is -2.43. The van der Waals surface area contributed by atoms with Crippen molar-refractivity contribution >= 4 is 27.8 Å². The number of fused-ring (bicyclic) bond motifs is 5. The highest BCUT2D eigenvalue weighted by atomic mass is 32.2. The van der Waals surface area contributed by atoms with Gasteiger partial charge in [-0.2, -0.15) is 12.7 Å². The van der Waals surface area contributed by atoms with E-state index in [1.807, 2.05) is 23.1 Å². The monoisotopic (exact) mass is 724 g/mol. The molecule has 2 N–H and O–H groups in total. The van der Waals surface area contributed by atoms with Crippen LogP contribution in [0.1, 0.15) is 99.7 Å². The van der Waals surface area contributed by atoms with Crippen LogP contribution in [0.2, 0.25) is 0 Å². The maximum absolute atomic E-state index is 13.9. The van der Waals surface area contributed by atoms with Gasteiger partial charge in [0.1, 0.15) is 5.75 Å². The third kappa shape index (κ3) is 8.49. The number of piperidine rings is 1. The molecule has 4 heterocycles. The molecular weight excluding hydrogens is 665 g/mol. The summed E-state index contributed by atoms with van der Waals surface area (Å²) in [6.07, 6.45) is 9.10. The Morgan fingerprint density at radius 1 is 1.00 bits per heavy atom. The van der Waals surface area contributed by atoms with Gasteiger partial charge >= 0.3 is 16.2 Å². The first-order valence-corrected chi connectivity index (χ1v) is 20.4. The van der Waals surface area contributed by atoms with Crippen LogP contribution in [0.5, 0.6) is 5.75 Å². The summed E-state index contributed by atoms with van der Waals surface area (Å²) in [6, 6.07) is 12.2. The maximum Gasteiger partial charge on any atom is 0.317 e. The van der Waals surface area contributed by atoms with Crippen LogP contribution in [0.4, 0.5) is 10.5 Å². The Morgan fingerprint density at radius 2 is 1.69 bits per heavy atom. The van der Waals surface area contributed by atoms with Crippen LogP contribution >= 0.6 is 0 Å². The Bertz CT molecular complexity index is 1640. The average Bonchev–Trinajstić information content (AvgIpc) is 3.72. The van der Waals surface area contributed by atoms with E-state index in [-0.39, 0.29) is 17.6 Å². The van der Waals surface area contributed by atoms with Crippen molar-refractivity contribution in [2.45, 2.75) is 103 Å². The smallest absolute Gasteiger partial charge is 0.317 e. The number of anilines is 1. The molecule has 51 heavy (non-hydrogen) atoms. The second-order valence-corrected chi connectivity index (χ2v) is 17.0. The van der Waals surface area contributed by atoms with Crippen molar-refractivity contribution in [3.8, 4) is 5.75 Å². The zero-order chi connectivity index (χ0) is 36.9. The Balaban J connectivity index is 0.00000162. The van der Waals surface area contributed by atoms with Crippen molar-refractivity contribution < 1.29 is 22.7 Å². The van der Waals surface area contributed by atoms with Crippen LogP contribution < -0.4 is 19.7 Å². The SMILES string of the molecule is CCC.CCC(C)CC12Cc3ccc(C(=O)NS(=O)(=O)N(C)C)cc3N1CC(NC(=O)N1CCC(N3CCCC3)CC1)Cc1cc(OC)ccc12. The van der Waals surface area contributed by atoms with Gasteiger partial charge in [0.2, 0.25) is 0 Å². The molecule has 0 bridgehead atoms. The lowest BCUT2D eigenvalue weighted by molar-refractivity contribution is 0.0979. The van der Waals surface area contributed by atoms with Gasteiger partial charge in [-0.05, 0) is 98.5 Å². The van der Waals surface area contributed by atoms with Crippen LogP contribution in [-0.4, -0.2) is 100 Å². The number of nitrogens with one attached hydrogen (secondary N) is 2. The Labute approximate surface area is 306 Å². The topological polar surface area (TPSA) is 115 Å². The number of ether oxygens (including phenoxy) is 1. The van der Waals surface area contributed by atoms with Gasteiger partial charge in [0, 0.05) is 57.4 Å². The molecule has 11 nitrogen and oxygen atoms in total. The molecule has 2 aromatic carbocycles. The van der Waals surface area contributed by atoms with Gasteiger partial charge < -0.3 is 24.8 Å². The minimum Gasteiger partial charge on any atom is -0.497 e. The van der Waals surface area contributed by atoms with Crippen LogP contribution in [0.3, 0.4) is 0 Å². The first-order valence-electron chi connectivity index (χ1n) is 19.0. The second kappa shape index (κ2) is 16.5. The van der Waals surface area contributed by atoms with Crippen LogP contribution in [0.15, 0.2) is 36.4 Å². The summed E-state index contributed by atoms with van der Waals surface area (Å²) in [7, 11) is 0.494. The molecule has 0 aliphatic carbocycles. The standard InChI is InChI=1S/C36H52N6O5S.C3H8/c1-6-25(2)22-36-23-27-10-9-26(34(43)38-48(45,46)39(3)4)21-33(27)42(36)24-29(19-28-20-31(47-5)11-12-32(28)36)37-35(44)41-17-13-30(14-18-41)40-15-7-8-16-40;1-3-2/h9-12,20-21,25,29-30H,6-8,13-19,22-24H2,1-5H3,(H,37,44)(H,38,43);3H2,1-2H3. The quantitative estimate of drug-likeness (QED) is 0.350. The number of nitrogens with zero attached hydrogens (tertiary/aromatic N) is 4. The molecule has 2 saturated heterocycles. The molecule has 12 heteroatoms. The highest BCUT2D eigenvalue weighted by Crippen LogP contribution is 2.52. The first-order chi connectivity index (χ1) is 24.3. The molecule has 0 radical (unpaired) electrons. The molecule has 6 rings (SSSR count). The van der Waals surface area contributed by atoms with E-state index in [4.69, 9.17) is 4.74 Å². The first kappa shape index (κ1) is 38.9. The van der Waals surface area contributed by atoms with Crippen molar-refractivity contribution in [3.63, 3.8) is 0 Å². The van der Waals surface area contributed by atoms with E-state index in [0.29, 0.717) is 24.9 Å². The van der Waals surface area contributed by atoms with Gasteiger partial charge in [-0.25, -0.2) is 9.52 Å². The summed E-state index contributed by atoms with van der Waals surface area (Å²) < 4.78 is 33.9. The molecule has 282 valence electrons. The highest BCUT2D eigenvalue weighted by molar-refractivity contribution is 7.87. The third-order valence-corrected chi connectivity index (χ3v) is 12.5. The fourth-order valence-electron chi connectivity index (χ4n) is 8.31. The Kier molecular flexibility index (Phi) is 12.6. The van der Waals surface area contributed by atoms with Crippen LogP contribution in [0, 0.1) is 5.92 Å². The number of urea groups is 1. The summed E-state index contributed by atoms with van der Waals surface area (Å²) in [6.45, 7) is 13.1. The van der Waals surface area contributed by atoms with Gasteiger partial charge in [-0.3, -0.25) is 4.79 Å². The van der Waals surface area contributed by atoms with Crippen molar-refractivity contribution in [2.75, 3.05) is 58.8 Å². The Hall–Kier alpha value is -3.35. The number of hydrogen-bond acceptors (Lipinski definition) is 7. The summed E-state index contributed by atoms with van der Waals surface area (Å²) in [5.41, 5.74) is 4.24. The molecule has 3 unspecified atom stereocenters. The molecular formula is C39H60N6O5S. The lowest BCUT2D eigenvalue weighted by Crippen LogP contribution is -2.54. The number of amides is 3. The predicted molar refractivity (Wildman–Crippen MR) is 204 cm³/mol. The van der Waals surface area contributed by atoms with E-state index in [1.165, 1.54) is 52.0 Å². The molecule has 3 atom stereocenters. The molecule has 4 aliphatic heterocycles. The summed E-state index contributed by atoms with van der Waals surface area (Å²) in [4.78, 5) is 34.1. The summed E-state index contributed by atoms with van der Waals surface area (Å²) in [5, 5.41) is 3.43. The number of rotatable bonds is 9. The van der Waals surface area contributed by atoms with Gasteiger partial charge in [0.15, 0.2) is 0 Å². The van der Waals surface area contributed by atoms with Crippen molar-refractivity contribution in [1.29, 1.82) is 0 Å². The fraction of sp³-hybridized carbons (Fsp3) is 0.641. The average molecular weight is 725 g/mol. The second-order valence-electron chi connectivity index (χ2n) is 15.1. The van der Waals surface area contributed by atoms with Gasteiger partial charge in [0.05, 0.1) is 18.7 Å². The summed E-state index contributed by atoms with van der Waals surface area (Å²) >= 11 is 0. The van der Waals surface area contributed by atoms with E-state index in [0.717, 1.165) is 72.1 Å². The number of carbonyl (C=O) groups excluding carboxylic acids is 2. The zero-order valence-electron chi connectivity index (χ0n) is 31.8. The zero-order valence-corrected chi connectivity index (χ0v) is 32.7. The summed E-state index contributed by atoms with van der Waals surface area (Å²) in [5.74, 6) is 0.521.